The number of benzene rings is 2. The zero-order chi connectivity index (χ0) is 18.5. The Kier molecular flexibility index (Phi) is 5.48. The predicted octanol–water partition coefficient (Wildman–Crippen LogP) is 3.82. The Labute approximate surface area is 156 Å². The summed E-state index contributed by atoms with van der Waals surface area (Å²) >= 11 is 5.29. The lowest BCUT2D eigenvalue weighted by molar-refractivity contribution is -0.116. The topological polar surface area (TPSA) is 71.9 Å². The maximum absolute atomic E-state index is 12.5. The molecular formula is C19H20N4O2S. The number of carbonyl (C=O) groups is 1. The SMILES string of the molecule is CCc1ccccc1NC(=O)Cn1c(-c2ccc(OC)cc2)n[nH]c1=S. The zero-order valence-corrected chi connectivity index (χ0v) is 15.5. The number of hydrogen-bond acceptors (Lipinski definition) is 4. The van der Waals surface area contributed by atoms with Crippen molar-refractivity contribution in [2.24, 2.45) is 0 Å². The molecule has 0 fully saturated rings. The molecule has 0 saturated heterocycles. The number of aryl methyl sites for hydroxylation is 1. The largest absolute Gasteiger partial charge is 0.497 e. The minimum Gasteiger partial charge on any atom is -0.497 e. The minimum atomic E-state index is -0.154. The lowest BCUT2D eigenvalue weighted by Crippen LogP contribution is -2.20. The van der Waals surface area contributed by atoms with Crippen molar-refractivity contribution in [2.75, 3.05) is 12.4 Å². The first kappa shape index (κ1) is 17.9. The highest BCUT2D eigenvalue weighted by molar-refractivity contribution is 7.71. The second-order valence-electron chi connectivity index (χ2n) is 5.73. The van der Waals surface area contributed by atoms with Crippen molar-refractivity contribution in [3.05, 3.63) is 58.9 Å². The Hall–Kier alpha value is -2.93. The van der Waals surface area contributed by atoms with E-state index in [9.17, 15) is 4.79 Å². The lowest BCUT2D eigenvalue weighted by atomic mass is 10.1. The Balaban J connectivity index is 1.82. The molecule has 3 aromatic rings. The van der Waals surface area contributed by atoms with Crippen molar-refractivity contribution in [3.63, 3.8) is 0 Å². The first-order valence-electron chi connectivity index (χ1n) is 8.29. The molecule has 0 aliphatic rings. The van der Waals surface area contributed by atoms with Crippen LogP contribution in [0.1, 0.15) is 12.5 Å². The molecule has 1 amide bonds. The third kappa shape index (κ3) is 3.83. The summed E-state index contributed by atoms with van der Waals surface area (Å²) in [7, 11) is 1.61. The molecule has 1 aromatic heterocycles. The number of carbonyl (C=O) groups excluding carboxylic acids is 1. The average Bonchev–Trinajstić information content (AvgIpc) is 3.02. The van der Waals surface area contributed by atoms with E-state index in [0.717, 1.165) is 29.0 Å². The van der Waals surface area contributed by atoms with Gasteiger partial charge in [0.2, 0.25) is 5.91 Å². The molecule has 6 nitrogen and oxygen atoms in total. The summed E-state index contributed by atoms with van der Waals surface area (Å²) in [6.45, 7) is 2.13. The fraction of sp³-hybridized carbons (Fsp3) is 0.211. The van der Waals surface area contributed by atoms with E-state index < -0.39 is 0 Å². The van der Waals surface area contributed by atoms with Crippen molar-refractivity contribution >= 4 is 23.8 Å². The van der Waals surface area contributed by atoms with Crippen LogP contribution >= 0.6 is 12.2 Å². The highest BCUT2D eigenvalue weighted by atomic mass is 32.1. The number of nitrogens with one attached hydrogen (secondary N) is 2. The van der Waals surface area contributed by atoms with E-state index >= 15 is 0 Å². The molecule has 0 saturated carbocycles. The number of nitrogens with zero attached hydrogens (tertiary/aromatic N) is 2. The smallest absolute Gasteiger partial charge is 0.244 e. The van der Waals surface area contributed by atoms with Gasteiger partial charge in [-0.15, -0.1) is 0 Å². The standard InChI is InChI=1S/C19H20N4O2S/c1-3-13-6-4-5-7-16(13)20-17(24)12-23-18(21-22-19(23)26)14-8-10-15(25-2)11-9-14/h4-11H,3,12H2,1-2H3,(H,20,24)(H,22,26). The quantitative estimate of drug-likeness (QED) is 0.649. The molecule has 0 bridgehead atoms. The van der Waals surface area contributed by atoms with E-state index in [4.69, 9.17) is 17.0 Å². The molecule has 2 N–H and O–H groups in total. The van der Waals surface area contributed by atoms with E-state index in [-0.39, 0.29) is 12.5 Å². The van der Waals surface area contributed by atoms with Gasteiger partial charge in [-0.3, -0.25) is 14.5 Å². The maximum atomic E-state index is 12.5. The number of methoxy groups -OCH3 is 1. The van der Waals surface area contributed by atoms with Crippen molar-refractivity contribution < 1.29 is 9.53 Å². The summed E-state index contributed by atoms with van der Waals surface area (Å²) in [5, 5.41) is 9.98. The van der Waals surface area contributed by atoms with Crippen molar-refractivity contribution in [1.29, 1.82) is 0 Å². The van der Waals surface area contributed by atoms with Crippen LogP contribution < -0.4 is 10.1 Å². The van der Waals surface area contributed by atoms with E-state index in [1.54, 1.807) is 11.7 Å². The molecule has 7 heteroatoms. The van der Waals surface area contributed by atoms with Gasteiger partial charge < -0.3 is 10.1 Å². The fourth-order valence-corrected chi connectivity index (χ4v) is 2.91. The summed E-state index contributed by atoms with van der Waals surface area (Å²) < 4.78 is 7.25. The van der Waals surface area contributed by atoms with Crippen LogP contribution in [0, 0.1) is 4.77 Å². The highest BCUT2D eigenvalue weighted by Crippen LogP contribution is 2.21. The number of para-hydroxylation sites is 1. The first-order chi connectivity index (χ1) is 12.6. The van der Waals surface area contributed by atoms with Crippen molar-refractivity contribution in [1.82, 2.24) is 14.8 Å². The minimum absolute atomic E-state index is 0.0781. The molecule has 0 atom stereocenters. The maximum Gasteiger partial charge on any atom is 0.244 e. The Bertz CT molecular complexity index is 960. The third-order valence-corrected chi connectivity index (χ3v) is 4.39. The monoisotopic (exact) mass is 368 g/mol. The predicted molar refractivity (Wildman–Crippen MR) is 104 cm³/mol. The molecular weight excluding hydrogens is 348 g/mol. The molecule has 1 heterocycles. The number of H-pyrrole nitrogens is 1. The Morgan fingerprint density at radius 1 is 1.23 bits per heavy atom. The van der Waals surface area contributed by atoms with Gasteiger partial charge >= 0.3 is 0 Å². The summed E-state index contributed by atoms with van der Waals surface area (Å²) in [6.07, 6.45) is 0.846. The normalized spacial score (nSPS) is 10.5. The van der Waals surface area contributed by atoms with Crippen LogP contribution in [0.4, 0.5) is 5.69 Å². The number of rotatable bonds is 6. The molecule has 0 aliphatic heterocycles. The van der Waals surface area contributed by atoms with Crippen LogP contribution in [0.5, 0.6) is 5.75 Å². The van der Waals surface area contributed by atoms with Gasteiger partial charge in [0, 0.05) is 11.3 Å². The summed E-state index contributed by atoms with van der Waals surface area (Å²) in [4.78, 5) is 12.5. The number of aromatic amines is 1. The van der Waals surface area contributed by atoms with E-state index in [0.29, 0.717) is 10.6 Å². The van der Waals surface area contributed by atoms with Gasteiger partial charge in [0.25, 0.3) is 0 Å². The molecule has 3 rings (SSSR count). The van der Waals surface area contributed by atoms with Crippen LogP contribution in [0.25, 0.3) is 11.4 Å². The molecule has 2 aromatic carbocycles. The van der Waals surface area contributed by atoms with E-state index in [1.807, 2.05) is 48.5 Å². The van der Waals surface area contributed by atoms with Gasteiger partial charge in [0.15, 0.2) is 10.6 Å². The van der Waals surface area contributed by atoms with Gasteiger partial charge in [0.1, 0.15) is 12.3 Å². The molecule has 0 aliphatic carbocycles. The third-order valence-electron chi connectivity index (χ3n) is 4.08. The summed E-state index contributed by atoms with van der Waals surface area (Å²) in [6, 6.07) is 15.2. The van der Waals surface area contributed by atoms with Crippen molar-refractivity contribution in [2.45, 2.75) is 19.9 Å². The van der Waals surface area contributed by atoms with Gasteiger partial charge in [-0.25, -0.2) is 0 Å². The van der Waals surface area contributed by atoms with Crippen LogP contribution in [0.15, 0.2) is 48.5 Å². The lowest BCUT2D eigenvalue weighted by Gasteiger charge is -2.11. The Morgan fingerprint density at radius 3 is 2.65 bits per heavy atom. The van der Waals surface area contributed by atoms with E-state index in [1.165, 1.54) is 0 Å². The number of anilines is 1. The second-order valence-corrected chi connectivity index (χ2v) is 6.11. The molecule has 134 valence electrons. The molecule has 26 heavy (non-hydrogen) atoms. The number of amides is 1. The summed E-state index contributed by atoms with van der Waals surface area (Å²) in [5.41, 5.74) is 2.76. The Morgan fingerprint density at radius 2 is 1.96 bits per heavy atom. The van der Waals surface area contributed by atoms with Crippen LogP contribution in [-0.2, 0) is 17.8 Å². The van der Waals surface area contributed by atoms with Gasteiger partial charge in [0.05, 0.1) is 7.11 Å². The van der Waals surface area contributed by atoms with Crippen LogP contribution in [0.3, 0.4) is 0 Å². The van der Waals surface area contributed by atoms with Crippen LogP contribution in [0.2, 0.25) is 0 Å². The number of hydrogen-bond donors (Lipinski definition) is 2. The number of aromatic nitrogens is 3. The van der Waals surface area contributed by atoms with Gasteiger partial charge in [-0.2, -0.15) is 5.10 Å². The van der Waals surface area contributed by atoms with Crippen molar-refractivity contribution in [3.8, 4) is 17.1 Å². The fourth-order valence-electron chi connectivity index (χ4n) is 2.71. The van der Waals surface area contributed by atoms with Gasteiger partial charge in [-0.1, -0.05) is 25.1 Å². The average molecular weight is 368 g/mol. The van der Waals surface area contributed by atoms with Gasteiger partial charge in [-0.05, 0) is 54.5 Å². The zero-order valence-electron chi connectivity index (χ0n) is 14.7. The summed E-state index contributed by atoms with van der Waals surface area (Å²) in [5.74, 6) is 1.21. The van der Waals surface area contributed by atoms with Crippen LogP contribution in [-0.4, -0.2) is 27.8 Å². The van der Waals surface area contributed by atoms with E-state index in [2.05, 4.69) is 22.4 Å². The second kappa shape index (κ2) is 7.97. The molecule has 0 unspecified atom stereocenters. The highest BCUT2D eigenvalue weighted by Gasteiger charge is 2.13. The number of ether oxygens (including phenoxy) is 1. The molecule has 0 spiro atoms. The molecule has 0 radical (unpaired) electrons. The first-order valence-corrected chi connectivity index (χ1v) is 8.70.